The number of aliphatic hydroxyl groups excluding tert-OH is 2. The van der Waals surface area contributed by atoms with Gasteiger partial charge in [-0.1, -0.05) is 30.3 Å². The molecular weight excluding hydrogens is 505 g/mol. The first-order valence-corrected chi connectivity index (χ1v) is 12.7. The standard InChI is InChI=1S/C20H25ClN5O8P/c1-32-7-12(11-5-3-2-4-6-11)23-17-14-18(25-20(21)24-17)26(9-22-14)19-16(28)15(27)13(34-19)8-33-10-35(29,30)31/h2-6,9,12-13,15-16,19,27-28H,7-8,10H2,1H3,(H,23,24,25)(H2,29,30,31)/t12-,13-,15-,16-,19-/m1/s1. The molecule has 3 aromatic rings. The van der Waals surface area contributed by atoms with Crippen molar-refractivity contribution in [1.82, 2.24) is 19.5 Å². The molecule has 190 valence electrons. The number of aromatic nitrogens is 4. The minimum Gasteiger partial charge on any atom is -0.387 e. The van der Waals surface area contributed by atoms with E-state index in [9.17, 15) is 14.8 Å². The Morgan fingerprint density at radius 1 is 1.23 bits per heavy atom. The molecule has 1 saturated heterocycles. The first-order chi connectivity index (χ1) is 16.7. The first-order valence-electron chi connectivity index (χ1n) is 10.5. The molecule has 15 heteroatoms. The molecule has 1 aliphatic rings. The molecule has 0 unspecified atom stereocenters. The lowest BCUT2D eigenvalue weighted by molar-refractivity contribution is -0.0612. The molecule has 1 aromatic carbocycles. The fraction of sp³-hybridized carbons (Fsp3) is 0.450. The van der Waals surface area contributed by atoms with Crippen molar-refractivity contribution in [3.05, 3.63) is 47.5 Å². The summed E-state index contributed by atoms with van der Waals surface area (Å²) in [6, 6.07) is 9.32. The molecule has 3 heterocycles. The van der Waals surface area contributed by atoms with Gasteiger partial charge in [0, 0.05) is 7.11 Å². The topological polar surface area (TPSA) is 181 Å². The molecule has 0 spiro atoms. The van der Waals surface area contributed by atoms with E-state index in [0.29, 0.717) is 17.9 Å². The number of hydrogen-bond acceptors (Lipinski definition) is 10. The van der Waals surface area contributed by atoms with E-state index in [2.05, 4.69) is 20.3 Å². The van der Waals surface area contributed by atoms with Crippen molar-refractivity contribution < 1.29 is 38.8 Å². The molecule has 13 nitrogen and oxygen atoms in total. The van der Waals surface area contributed by atoms with Crippen LogP contribution in [-0.2, 0) is 18.8 Å². The number of ether oxygens (including phenoxy) is 3. The minimum absolute atomic E-state index is 0.0828. The summed E-state index contributed by atoms with van der Waals surface area (Å²) < 4.78 is 28.4. The van der Waals surface area contributed by atoms with Gasteiger partial charge in [-0.15, -0.1) is 0 Å². The van der Waals surface area contributed by atoms with Crippen LogP contribution in [0.1, 0.15) is 17.8 Å². The maximum atomic E-state index is 11.0. The third kappa shape index (κ3) is 5.97. The fourth-order valence-corrected chi connectivity index (χ4v) is 4.31. The van der Waals surface area contributed by atoms with E-state index < -0.39 is 38.5 Å². The van der Waals surface area contributed by atoms with Crippen LogP contribution in [0, 0.1) is 0 Å². The predicted molar refractivity (Wildman–Crippen MR) is 124 cm³/mol. The lowest BCUT2D eigenvalue weighted by atomic mass is 10.1. The van der Waals surface area contributed by atoms with Gasteiger partial charge in [0.15, 0.2) is 23.2 Å². The molecule has 0 radical (unpaired) electrons. The van der Waals surface area contributed by atoms with Crippen LogP contribution in [0.5, 0.6) is 0 Å². The smallest absolute Gasteiger partial charge is 0.350 e. The van der Waals surface area contributed by atoms with Crippen molar-refractivity contribution in [2.75, 3.05) is 32.0 Å². The van der Waals surface area contributed by atoms with Crippen molar-refractivity contribution in [3.63, 3.8) is 0 Å². The van der Waals surface area contributed by atoms with E-state index in [4.69, 9.17) is 35.6 Å². The number of anilines is 1. The van der Waals surface area contributed by atoms with E-state index in [-0.39, 0.29) is 23.6 Å². The number of fused-ring (bicyclic) bond motifs is 1. The third-order valence-corrected chi connectivity index (χ3v) is 6.08. The number of halogens is 1. The van der Waals surface area contributed by atoms with Crippen LogP contribution in [0.4, 0.5) is 5.82 Å². The molecular formula is C20H25ClN5O8P. The molecule has 35 heavy (non-hydrogen) atoms. The molecule has 0 saturated carbocycles. The van der Waals surface area contributed by atoms with Crippen molar-refractivity contribution in [2.24, 2.45) is 0 Å². The largest absolute Gasteiger partial charge is 0.387 e. The molecule has 1 fully saturated rings. The highest BCUT2D eigenvalue weighted by Gasteiger charge is 2.44. The van der Waals surface area contributed by atoms with E-state index in [0.717, 1.165) is 5.56 Å². The van der Waals surface area contributed by atoms with Gasteiger partial charge in [0.2, 0.25) is 5.28 Å². The Kier molecular flexibility index (Phi) is 8.01. The number of hydrogen-bond donors (Lipinski definition) is 5. The summed E-state index contributed by atoms with van der Waals surface area (Å²) in [4.78, 5) is 30.7. The normalized spacial score (nSPS) is 23.6. The van der Waals surface area contributed by atoms with Gasteiger partial charge in [-0.3, -0.25) is 9.13 Å². The highest BCUT2D eigenvalue weighted by atomic mass is 35.5. The molecule has 2 aromatic heterocycles. The zero-order valence-corrected chi connectivity index (χ0v) is 20.2. The number of rotatable bonds is 10. The quantitative estimate of drug-likeness (QED) is 0.186. The van der Waals surface area contributed by atoms with Crippen LogP contribution < -0.4 is 5.32 Å². The Morgan fingerprint density at radius 2 is 1.97 bits per heavy atom. The van der Waals surface area contributed by atoms with Crippen molar-refractivity contribution in [2.45, 2.75) is 30.6 Å². The zero-order valence-electron chi connectivity index (χ0n) is 18.5. The fourth-order valence-electron chi connectivity index (χ4n) is 3.80. The summed E-state index contributed by atoms with van der Waals surface area (Å²) in [5, 5.41) is 24.1. The van der Waals surface area contributed by atoms with Crippen LogP contribution in [0.15, 0.2) is 36.7 Å². The van der Waals surface area contributed by atoms with Crippen LogP contribution >= 0.6 is 19.2 Å². The van der Waals surface area contributed by atoms with Crippen LogP contribution in [0.3, 0.4) is 0 Å². The van der Waals surface area contributed by atoms with Gasteiger partial charge in [0.1, 0.15) is 24.7 Å². The van der Waals surface area contributed by atoms with Crippen molar-refractivity contribution in [1.29, 1.82) is 0 Å². The van der Waals surface area contributed by atoms with E-state index >= 15 is 0 Å². The Morgan fingerprint density at radius 3 is 2.66 bits per heavy atom. The summed E-state index contributed by atoms with van der Waals surface area (Å²) >= 11 is 6.19. The average molecular weight is 530 g/mol. The molecule has 1 aliphatic heterocycles. The maximum Gasteiger partial charge on any atom is 0.350 e. The number of imidazole rings is 1. The van der Waals surface area contributed by atoms with Gasteiger partial charge in [0.05, 0.1) is 25.6 Å². The van der Waals surface area contributed by atoms with Crippen LogP contribution in [-0.4, -0.2) is 84.5 Å². The second-order valence-electron chi connectivity index (χ2n) is 7.94. The molecule has 5 atom stereocenters. The summed E-state index contributed by atoms with van der Waals surface area (Å²) in [5.41, 5.74) is 1.54. The SMILES string of the molecule is COC[C@@H](Nc1nc(Cl)nc2c1ncn2[C@@H]1O[C@H](COCP(=O)(O)O)[C@@H](O)[C@H]1O)c1ccccc1. The van der Waals surface area contributed by atoms with E-state index in [1.54, 1.807) is 7.11 Å². The summed E-state index contributed by atoms with van der Waals surface area (Å²) in [6.45, 7) is -0.00838. The predicted octanol–water partition coefficient (Wildman–Crippen LogP) is 1.05. The van der Waals surface area contributed by atoms with Gasteiger partial charge >= 0.3 is 7.60 Å². The number of benzene rings is 1. The van der Waals surface area contributed by atoms with E-state index in [1.807, 2.05) is 30.3 Å². The van der Waals surface area contributed by atoms with Gasteiger partial charge in [-0.25, -0.2) is 4.98 Å². The monoisotopic (exact) mass is 529 g/mol. The summed E-state index contributed by atoms with van der Waals surface area (Å²) in [7, 11) is -2.81. The van der Waals surface area contributed by atoms with Crippen LogP contribution in [0.25, 0.3) is 11.2 Å². The third-order valence-electron chi connectivity index (χ3n) is 5.39. The van der Waals surface area contributed by atoms with Crippen molar-refractivity contribution >= 4 is 36.2 Å². The summed E-state index contributed by atoms with van der Waals surface area (Å²) in [5.74, 6) is 0.333. The lowest BCUT2D eigenvalue weighted by Crippen LogP contribution is -2.33. The molecule has 4 rings (SSSR count). The molecule has 0 aliphatic carbocycles. The van der Waals surface area contributed by atoms with Gasteiger partial charge in [-0.2, -0.15) is 9.97 Å². The number of nitrogens with zero attached hydrogens (tertiary/aromatic N) is 4. The number of methoxy groups -OCH3 is 1. The van der Waals surface area contributed by atoms with Gasteiger partial charge in [-0.05, 0) is 17.2 Å². The Bertz CT molecular complexity index is 1190. The zero-order chi connectivity index (χ0) is 25.2. The molecule has 5 N–H and O–H groups in total. The van der Waals surface area contributed by atoms with E-state index in [1.165, 1.54) is 10.9 Å². The van der Waals surface area contributed by atoms with Crippen LogP contribution in [0.2, 0.25) is 5.28 Å². The minimum atomic E-state index is -4.39. The lowest BCUT2D eigenvalue weighted by Gasteiger charge is -2.20. The summed E-state index contributed by atoms with van der Waals surface area (Å²) in [6.07, 6.45) is -4.40. The highest BCUT2D eigenvalue weighted by molar-refractivity contribution is 7.51. The Labute approximate surface area is 204 Å². The maximum absolute atomic E-state index is 11.0. The molecule has 0 bridgehead atoms. The first kappa shape index (κ1) is 25.9. The Balaban J connectivity index is 1.59. The number of nitrogens with one attached hydrogen (secondary N) is 1. The molecule has 0 amide bonds. The second kappa shape index (κ2) is 10.8. The highest BCUT2D eigenvalue weighted by Crippen LogP contribution is 2.36. The average Bonchev–Trinajstić information content (AvgIpc) is 3.34. The van der Waals surface area contributed by atoms with Gasteiger partial charge < -0.3 is 39.5 Å². The Hall–Kier alpha value is -2.19. The number of aliphatic hydroxyl groups is 2. The van der Waals surface area contributed by atoms with Gasteiger partial charge in [0.25, 0.3) is 0 Å². The second-order valence-corrected chi connectivity index (χ2v) is 9.86. The van der Waals surface area contributed by atoms with Crippen molar-refractivity contribution in [3.8, 4) is 0 Å².